The summed E-state index contributed by atoms with van der Waals surface area (Å²) in [5.41, 5.74) is 4.96. The molecule has 1 saturated carbocycles. The van der Waals surface area contributed by atoms with E-state index in [1.165, 1.54) is 6.42 Å². The molecule has 1 aliphatic rings. The maximum absolute atomic E-state index is 8.93. The average molecular weight is 376 g/mol. The number of aryl methyl sites for hydroxylation is 3. The molecule has 3 heterocycles. The van der Waals surface area contributed by atoms with E-state index >= 15 is 0 Å². The Morgan fingerprint density at radius 1 is 1.11 bits per heavy atom. The predicted molar refractivity (Wildman–Crippen MR) is 113 cm³/mol. The zero-order chi connectivity index (χ0) is 22.7. The molecule has 0 bridgehead atoms. The summed E-state index contributed by atoms with van der Waals surface area (Å²) in [6, 6.07) is 11.4. The lowest BCUT2D eigenvalue weighted by Crippen LogP contribution is -2.30. The SMILES string of the molecule is [2H]C([2H])([2H])c1cc[n+](C)c(-c2c(C)ccc3c2oc2nc(C4([2H])CCCCC4)ccc23)c1. The normalized spacial score (nSPS) is 19.2. The van der Waals surface area contributed by atoms with E-state index in [0.717, 1.165) is 59.0 Å². The van der Waals surface area contributed by atoms with Crippen molar-refractivity contribution in [2.75, 3.05) is 0 Å². The molecule has 3 aromatic heterocycles. The molecule has 28 heavy (non-hydrogen) atoms. The number of aromatic nitrogens is 2. The summed E-state index contributed by atoms with van der Waals surface area (Å²) in [5, 5.41) is 1.86. The van der Waals surface area contributed by atoms with Crippen LogP contribution in [0.1, 0.15) is 60.3 Å². The van der Waals surface area contributed by atoms with E-state index < -0.39 is 12.7 Å². The molecule has 0 saturated heterocycles. The highest BCUT2D eigenvalue weighted by atomic mass is 16.3. The van der Waals surface area contributed by atoms with Gasteiger partial charge in [0.25, 0.3) is 0 Å². The summed E-state index contributed by atoms with van der Waals surface area (Å²) in [6.45, 7) is -0.179. The van der Waals surface area contributed by atoms with Crippen LogP contribution in [0.25, 0.3) is 33.3 Å². The highest BCUT2D eigenvalue weighted by molar-refractivity contribution is 6.08. The molecule has 0 radical (unpaired) electrons. The largest absolute Gasteiger partial charge is 0.437 e. The van der Waals surface area contributed by atoms with Crippen LogP contribution in [-0.2, 0) is 7.05 Å². The van der Waals surface area contributed by atoms with Crippen molar-refractivity contribution in [3.8, 4) is 11.3 Å². The van der Waals surface area contributed by atoms with Gasteiger partial charge in [-0.25, -0.2) is 9.55 Å². The van der Waals surface area contributed by atoms with Crippen molar-refractivity contribution >= 4 is 22.1 Å². The maximum Gasteiger partial charge on any atom is 0.227 e. The van der Waals surface area contributed by atoms with Gasteiger partial charge < -0.3 is 4.42 Å². The number of furan rings is 1. The van der Waals surface area contributed by atoms with Crippen molar-refractivity contribution in [1.29, 1.82) is 0 Å². The molecule has 0 amide bonds. The van der Waals surface area contributed by atoms with Crippen LogP contribution in [-0.4, -0.2) is 4.98 Å². The lowest BCUT2D eigenvalue weighted by Gasteiger charge is -2.20. The van der Waals surface area contributed by atoms with E-state index in [4.69, 9.17) is 14.9 Å². The van der Waals surface area contributed by atoms with Gasteiger partial charge in [0.2, 0.25) is 11.4 Å². The lowest BCUT2D eigenvalue weighted by atomic mass is 9.86. The summed E-state index contributed by atoms with van der Waals surface area (Å²) in [6.07, 6.45) is 6.73. The van der Waals surface area contributed by atoms with Crippen LogP contribution >= 0.6 is 0 Å². The van der Waals surface area contributed by atoms with E-state index in [-0.39, 0.29) is 0 Å². The van der Waals surface area contributed by atoms with Crippen molar-refractivity contribution in [2.45, 2.75) is 51.8 Å². The minimum Gasteiger partial charge on any atom is -0.437 e. The number of nitrogens with zero attached hydrogens (tertiary/aromatic N) is 2. The molecule has 1 aromatic carbocycles. The Kier molecular flexibility index (Phi) is 3.24. The van der Waals surface area contributed by atoms with E-state index in [1.807, 2.05) is 42.8 Å². The van der Waals surface area contributed by atoms with Crippen molar-refractivity contribution in [3.63, 3.8) is 0 Å². The summed E-state index contributed by atoms with van der Waals surface area (Å²) < 4.78 is 40.6. The fraction of sp³-hybridized carbons (Fsp3) is 0.360. The second-order valence-corrected chi connectivity index (χ2v) is 7.86. The van der Waals surface area contributed by atoms with Gasteiger partial charge in [-0.05, 0) is 49.9 Å². The first kappa shape index (κ1) is 13.5. The second kappa shape index (κ2) is 6.73. The molecule has 0 atom stereocenters. The van der Waals surface area contributed by atoms with Crippen LogP contribution < -0.4 is 4.57 Å². The molecule has 0 spiro atoms. The van der Waals surface area contributed by atoms with Gasteiger partial charge in [-0.15, -0.1) is 0 Å². The highest BCUT2D eigenvalue weighted by Gasteiger charge is 2.22. The third-order valence-corrected chi connectivity index (χ3v) is 5.94. The molecular formula is C25H27N2O+. The van der Waals surface area contributed by atoms with Crippen LogP contribution in [0.15, 0.2) is 47.0 Å². The number of fused-ring (bicyclic) bond motifs is 3. The van der Waals surface area contributed by atoms with Gasteiger partial charge in [0, 0.05) is 40.0 Å². The van der Waals surface area contributed by atoms with Gasteiger partial charge in [0.05, 0.1) is 5.56 Å². The first-order valence-electron chi connectivity index (χ1n) is 12.0. The molecular weight excluding hydrogens is 344 g/mol. The smallest absolute Gasteiger partial charge is 0.227 e. The minimum absolute atomic E-state index is 0.298. The minimum atomic E-state index is -2.18. The van der Waals surface area contributed by atoms with Crippen LogP contribution in [0.3, 0.4) is 0 Å². The van der Waals surface area contributed by atoms with Crippen molar-refractivity contribution in [1.82, 2.24) is 4.98 Å². The van der Waals surface area contributed by atoms with Crippen LogP contribution in [0.2, 0.25) is 0 Å². The topological polar surface area (TPSA) is 29.9 Å². The quantitative estimate of drug-likeness (QED) is 0.394. The Hall–Kier alpha value is -2.68. The van der Waals surface area contributed by atoms with Gasteiger partial charge in [-0.1, -0.05) is 31.4 Å². The molecule has 5 rings (SSSR count). The fourth-order valence-electron chi connectivity index (χ4n) is 4.39. The van der Waals surface area contributed by atoms with Gasteiger partial charge in [-0.2, -0.15) is 0 Å². The highest BCUT2D eigenvalue weighted by Crippen LogP contribution is 2.38. The molecule has 1 aliphatic carbocycles. The van der Waals surface area contributed by atoms with Gasteiger partial charge in [-0.3, -0.25) is 0 Å². The number of hydrogen-bond acceptors (Lipinski definition) is 2. The van der Waals surface area contributed by atoms with E-state index in [1.54, 1.807) is 18.3 Å². The third kappa shape index (κ3) is 2.81. The average Bonchev–Trinajstić information content (AvgIpc) is 3.12. The summed E-state index contributed by atoms with van der Waals surface area (Å²) in [5.74, 6) is -0.648. The van der Waals surface area contributed by atoms with Crippen molar-refractivity contribution < 1.29 is 14.5 Å². The molecule has 4 aromatic rings. The molecule has 1 fully saturated rings. The zero-order valence-electron chi connectivity index (χ0n) is 20.4. The molecule has 0 aliphatic heterocycles. The van der Waals surface area contributed by atoms with Crippen molar-refractivity contribution in [2.24, 2.45) is 7.05 Å². The molecule has 3 heteroatoms. The zero-order valence-corrected chi connectivity index (χ0v) is 16.4. The monoisotopic (exact) mass is 375 g/mol. The first-order valence-corrected chi connectivity index (χ1v) is 10.0. The third-order valence-electron chi connectivity index (χ3n) is 5.94. The standard InChI is InChI=1S/C25H27N2O/c1-16-13-14-27(3)22(15-16)23-17(2)9-10-19-20-11-12-21(18-7-5-4-6-8-18)26-25(20)28-24(19)23/h9-15,18H,4-8H2,1-3H3/q+1/i1D3,18D. The van der Waals surface area contributed by atoms with Gasteiger partial charge in [0.1, 0.15) is 7.05 Å². The Balaban J connectivity index is 1.73. The van der Waals surface area contributed by atoms with E-state index in [2.05, 4.69) is 0 Å². The van der Waals surface area contributed by atoms with Gasteiger partial charge >= 0.3 is 0 Å². The molecule has 142 valence electrons. The summed E-state index contributed by atoms with van der Waals surface area (Å²) in [7, 11) is 1.91. The molecule has 3 nitrogen and oxygen atoms in total. The Morgan fingerprint density at radius 2 is 1.93 bits per heavy atom. The lowest BCUT2D eigenvalue weighted by molar-refractivity contribution is -0.660. The van der Waals surface area contributed by atoms with Crippen LogP contribution in [0, 0.1) is 13.8 Å². The second-order valence-electron chi connectivity index (χ2n) is 7.86. The Morgan fingerprint density at radius 3 is 2.75 bits per heavy atom. The van der Waals surface area contributed by atoms with E-state index in [0.29, 0.717) is 16.9 Å². The Bertz CT molecular complexity index is 1330. The number of pyridine rings is 2. The summed E-state index contributed by atoms with van der Waals surface area (Å²) in [4.78, 5) is 4.80. The Labute approximate surface area is 171 Å². The maximum atomic E-state index is 8.93. The summed E-state index contributed by atoms with van der Waals surface area (Å²) >= 11 is 0. The first-order chi connectivity index (χ1) is 15.2. The number of hydrogen-bond donors (Lipinski definition) is 0. The number of rotatable bonds is 2. The van der Waals surface area contributed by atoms with Crippen LogP contribution in [0.4, 0.5) is 0 Å². The fourth-order valence-corrected chi connectivity index (χ4v) is 4.39. The number of benzene rings is 1. The van der Waals surface area contributed by atoms with E-state index in [9.17, 15) is 0 Å². The predicted octanol–water partition coefficient (Wildman–Crippen LogP) is 6.14. The molecule has 0 N–H and O–H groups in total. The van der Waals surface area contributed by atoms with Gasteiger partial charge in [0.15, 0.2) is 11.8 Å². The van der Waals surface area contributed by atoms with Crippen molar-refractivity contribution in [3.05, 3.63) is 59.4 Å². The molecule has 0 unspecified atom stereocenters. The van der Waals surface area contributed by atoms with Crippen LogP contribution in [0.5, 0.6) is 0 Å².